The van der Waals surface area contributed by atoms with E-state index in [0.717, 1.165) is 0 Å². The van der Waals surface area contributed by atoms with Gasteiger partial charge in [0.25, 0.3) is 0 Å². The van der Waals surface area contributed by atoms with Crippen molar-refractivity contribution in [2.24, 2.45) is 0 Å². The smallest absolute Gasteiger partial charge is 0.105 e. The Morgan fingerprint density at radius 3 is 2.33 bits per heavy atom. The normalized spacial score (nSPS) is 12.0. The summed E-state index contributed by atoms with van der Waals surface area (Å²) in [5, 5.41) is 0. The van der Waals surface area contributed by atoms with E-state index in [-0.39, 0.29) is 4.75 Å². The average Bonchev–Trinajstić information content (AvgIpc) is 1.63. The minimum atomic E-state index is 0.276. The van der Waals surface area contributed by atoms with Crippen LogP contribution in [-0.4, -0.2) is 18.6 Å². The molecule has 0 amide bonds. The molecular formula is C6H15NOS. The molecule has 0 aromatic rings. The van der Waals surface area contributed by atoms with E-state index in [1.165, 1.54) is 0 Å². The molecule has 0 atom stereocenters. The second-order valence-corrected chi connectivity index (χ2v) is 4.51. The number of rotatable bonds is 3. The Bertz CT molecular complexity index is 69.9. The number of hydrogen-bond donors (Lipinski definition) is 1. The average molecular weight is 149 g/mol. The van der Waals surface area contributed by atoms with Crippen molar-refractivity contribution < 1.29 is 4.74 Å². The van der Waals surface area contributed by atoms with E-state index in [4.69, 9.17) is 4.74 Å². The minimum absolute atomic E-state index is 0.276. The number of nitrogens with one attached hydrogen (secondary N) is 1. The molecule has 0 spiro atoms. The van der Waals surface area contributed by atoms with Gasteiger partial charge in [0.2, 0.25) is 0 Å². The first-order valence-electron chi connectivity index (χ1n) is 2.96. The van der Waals surface area contributed by atoms with Gasteiger partial charge in [0.1, 0.15) is 6.73 Å². The molecule has 9 heavy (non-hydrogen) atoms. The summed E-state index contributed by atoms with van der Waals surface area (Å²) < 4.78 is 8.15. The molecule has 3 heteroatoms. The van der Waals surface area contributed by atoms with Crippen LogP contribution in [0.1, 0.15) is 20.8 Å². The Balaban J connectivity index is 3.07. The topological polar surface area (TPSA) is 21.3 Å². The van der Waals surface area contributed by atoms with Crippen LogP contribution < -0.4 is 4.72 Å². The van der Waals surface area contributed by atoms with Crippen LogP contribution in [0.4, 0.5) is 0 Å². The van der Waals surface area contributed by atoms with Gasteiger partial charge in [-0.1, -0.05) is 11.9 Å². The molecule has 0 unspecified atom stereocenters. The van der Waals surface area contributed by atoms with Crippen molar-refractivity contribution in [1.82, 2.24) is 4.72 Å². The molecule has 0 aliphatic carbocycles. The summed E-state index contributed by atoms with van der Waals surface area (Å²) in [4.78, 5) is 0. The highest BCUT2D eigenvalue weighted by Gasteiger charge is 2.08. The Labute approximate surface area is 61.5 Å². The zero-order chi connectivity index (χ0) is 7.33. The van der Waals surface area contributed by atoms with Crippen molar-refractivity contribution >= 4 is 11.9 Å². The quantitative estimate of drug-likeness (QED) is 0.374. The fraction of sp³-hybridized carbons (Fsp3) is 1.00. The predicted octanol–water partition coefficient (Wildman–Crippen LogP) is 1.63. The van der Waals surface area contributed by atoms with Crippen LogP contribution in [0, 0.1) is 0 Å². The summed E-state index contributed by atoms with van der Waals surface area (Å²) >= 11 is 1.68. The monoisotopic (exact) mass is 149 g/mol. The molecule has 2 nitrogen and oxygen atoms in total. The zero-order valence-electron chi connectivity index (χ0n) is 6.52. The van der Waals surface area contributed by atoms with E-state index in [1.807, 2.05) is 0 Å². The highest BCUT2D eigenvalue weighted by Crippen LogP contribution is 2.18. The lowest BCUT2D eigenvalue weighted by Gasteiger charge is -2.16. The SMILES string of the molecule is COCNSC(C)(C)C. The number of hydrogen-bond acceptors (Lipinski definition) is 3. The Hall–Kier alpha value is 0.270. The standard InChI is InChI=1S/C6H15NOS/c1-6(2,3)9-7-5-8-4/h7H,5H2,1-4H3. The Morgan fingerprint density at radius 1 is 1.44 bits per heavy atom. The largest absolute Gasteiger partial charge is 0.369 e. The van der Waals surface area contributed by atoms with Crippen LogP contribution in [0.25, 0.3) is 0 Å². The molecule has 0 rings (SSSR count). The molecule has 0 aliphatic rings. The van der Waals surface area contributed by atoms with Crippen LogP contribution in [0.2, 0.25) is 0 Å². The number of ether oxygens (including phenoxy) is 1. The third-order valence-corrected chi connectivity index (χ3v) is 1.46. The summed E-state index contributed by atoms with van der Waals surface area (Å²) in [5.41, 5.74) is 0. The first-order valence-corrected chi connectivity index (χ1v) is 3.78. The van der Waals surface area contributed by atoms with Crippen molar-refractivity contribution in [2.75, 3.05) is 13.8 Å². The maximum Gasteiger partial charge on any atom is 0.105 e. The molecule has 1 N–H and O–H groups in total. The second-order valence-electron chi connectivity index (χ2n) is 2.79. The van der Waals surface area contributed by atoms with Crippen molar-refractivity contribution in [3.05, 3.63) is 0 Å². The maximum absolute atomic E-state index is 4.81. The van der Waals surface area contributed by atoms with Crippen molar-refractivity contribution in [2.45, 2.75) is 25.5 Å². The lowest BCUT2D eigenvalue weighted by atomic mass is 10.3. The van der Waals surface area contributed by atoms with Gasteiger partial charge in [0, 0.05) is 11.9 Å². The van der Waals surface area contributed by atoms with Gasteiger partial charge in [-0.05, 0) is 20.8 Å². The molecule has 0 saturated carbocycles. The molecule has 0 fully saturated rings. The van der Waals surface area contributed by atoms with E-state index in [0.29, 0.717) is 6.73 Å². The molecule has 0 saturated heterocycles. The van der Waals surface area contributed by atoms with Gasteiger partial charge >= 0.3 is 0 Å². The van der Waals surface area contributed by atoms with Gasteiger partial charge in [0.15, 0.2) is 0 Å². The number of methoxy groups -OCH3 is 1. The highest BCUT2D eigenvalue weighted by molar-refractivity contribution is 7.98. The van der Waals surface area contributed by atoms with Gasteiger partial charge in [-0.3, -0.25) is 0 Å². The van der Waals surface area contributed by atoms with Gasteiger partial charge in [-0.25, -0.2) is 4.72 Å². The van der Waals surface area contributed by atoms with E-state index in [1.54, 1.807) is 19.1 Å². The van der Waals surface area contributed by atoms with Crippen LogP contribution in [0.15, 0.2) is 0 Å². The Kier molecular flexibility index (Phi) is 4.27. The molecule has 56 valence electrons. The summed E-state index contributed by atoms with van der Waals surface area (Å²) in [7, 11) is 1.68. The Morgan fingerprint density at radius 2 is 2.00 bits per heavy atom. The second kappa shape index (κ2) is 4.14. The third kappa shape index (κ3) is 8.27. The van der Waals surface area contributed by atoms with Crippen molar-refractivity contribution in [1.29, 1.82) is 0 Å². The van der Waals surface area contributed by atoms with Crippen LogP contribution >= 0.6 is 11.9 Å². The van der Waals surface area contributed by atoms with Gasteiger partial charge in [-0.2, -0.15) is 0 Å². The zero-order valence-corrected chi connectivity index (χ0v) is 7.34. The fourth-order valence-electron chi connectivity index (χ4n) is 0.305. The lowest BCUT2D eigenvalue weighted by Crippen LogP contribution is -2.18. The first kappa shape index (κ1) is 9.27. The molecule has 0 aliphatic heterocycles. The van der Waals surface area contributed by atoms with E-state index in [9.17, 15) is 0 Å². The van der Waals surface area contributed by atoms with Crippen LogP contribution in [-0.2, 0) is 4.74 Å². The van der Waals surface area contributed by atoms with E-state index in [2.05, 4.69) is 25.5 Å². The molecule has 0 radical (unpaired) electrons. The summed E-state index contributed by atoms with van der Waals surface area (Å²) in [6.45, 7) is 7.07. The molecule has 0 aromatic heterocycles. The van der Waals surface area contributed by atoms with E-state index < -0.39 is 0 Å². The third-order valence-electron chi connectivity index (χ3n) is 0.582. The van der Waals surface area contributed by atoms with Crippen LogP contribution in [0.3, 0.4) is 0 Å². The summed E-state index contributed by atoms with van der Waals surface area (Å²) in [5.74, 6) is 0. The predicted molar refractivity (Wildman–Crippen MR) is 42.4 cm³/mol. The van der Waals surface area contributed by atoms with Crippen molar-refractivity contribution in [3.63, 3.8) is 0 Å². The maximum atomic E-state index is 4.81. The van der Waals surface area contributed by atoms with Gasteiger partial charge < -0.3 is 4.74 Å². The summed E-state index contributed by atoms with van der Waals surface area (Å²) in [6.07, 6.45) is 0. The van der Waals surface area contributed by atoms with Crippen molar-refractivity contribution in [3.8, 4) is 0 Å². The molecule has 0 aromatic carbocycles. The van der Waals surface area contributed by atoms with Gasteiger partial charge in [0.05, 0.1) is 0 Å². The fourth-order valence-corrected chi connectivity index (χ4v) is 0.915. The molecule has 0 heterocycles. The minimum Gasteiger partial charge on any atom is -0.369 e. The summed E-state index contributed by atoms with van der Waals surface area (Å²) in [6, 6.07) is 0. The van der Waals surface area contributed by atoms with E-state index >= 15 is 0 Å². The molecular weight excluding hydrogens is 134 g/mol. The molecule has 0 bridgehead atoms. The van der Waals surface area contributed by atoms with Gasteiger partial charge in [-0.15, -0.1) is 0 Å². The highest BCUT2D eigenvalue weighted by atomic mass is 32.2. The lowest BCUT2D eigenvalue weighted by molar-refractivity contribution is 0.197. The van der Waals surface area contributed by atoms with Crippen LogP contribution in [0.5, 0.6) is 0 Å². The first-order chi connectivity index (χ1) is 4.06.